The van der Waals surface area contributed by atoms with Gasteiger partial charge in [-0.05, 0) is 66.8 Å². The molecule has 1 amide bonds. The average molecular weight is 472 g/mol. The number of halogens is 1. The Morgan fingerprint density at radius 1 is 1.03 bits per heavy atom. The van der Waals surface area contributed by atoms with Gasteiger partial charge < -0.3 is 20.1 Å². The Morgan fingerprint density at radius 2 is 1.85 bits per heavy atom. The number of anilines is 1. The number of thiocarbonyl (C=S) groups is 1. The van der Waals surface area contributed by atoms with Crippen molar-refractivity contribution in [3.8, 4) is 5.69 Å². The fourth-order valence-corrected chi connectivity index (χ4v) is 4.58. The van der Waals surface area contributed by atoms with Crippen LogP contribution in [0.5, 0.6) is 0 Å². The summed E-state index contributed by atoms with van der Waals surface area (Å²) in [7, 11) is 0. The zero-order valence-electron chi connectivity index (χ0n) is 18.1. The summed E-state index contributed by atoms with van der Waals surface area (Å²) in [6.45, 7) is 0.0447. The summed E-state index contributed by atoms with van der Waals surface area (Å²) in [4.78, 5) is 19.4. The van der Waals surface area contributed by atoms with Crippen LogP contribution in [0.1, 0.15) is 23.5 Å². The summed E-state index contributed by atoms with van der Waals surface area (Å²) in [6.07, 6.45) is 3.61. The van der Waals surface area contributed by atoms with Gasteiger partial charge in [0.2, 0.25) is 5.91 Å². The van der Waals surface area contributed by atoms with E-state index in [1.54, 1.807) is 12.3 Å². The molecule has 2 atom stereocenters. The Morgan fingerprint density at radius 3 is 2.62 bits per heavy atom. The molecule has 5 rings (SSSR count). The maximum absolute atomic E-state index is 14.0. The van der Waals surface area contributed by atoms with Crippen molar-refractivity contribution >= 4 is 28.9 Å². The molecule has 0 bridgehead atoms. The van der Waals surface area contributed by atoms with Gasteiger partial charge >= 0.3 is 0 Å². The van der Waals surface area contributed by atoms with Crippen LogP contribution in [0.4, 0.5) is 10.1 Å². The van der Waals surface area contributed by atoms with Gasteiger partial charge in [0.15, 0.2) is 5.11 Å². The third-order valence-electron chi connectivity index (χ3n) is 5.74. The molecule has 0 aliphatic carbocycles. The lowest BCUT2D eigenvalue weighted by Crippen LogP contribution is -2.37. The zero-order valence-corrected chi connectivity index (χ0v) is 19.0. The van der Waals surface area contributed by atoms with E-state index in [0.717, 1.165) is 11.4 Å². The van der Waals surface area contributed by atoms with Crippen LogP contribution in [0.25, 0.3) is 5.69 Å². The molecule has 0 radical (unpaired) electrons. The van der Waals surface area contributed by atoms with E-state index in [-0.39, 0.29) is 30.4 Å². The molecule has 3 heterocycles. The summed E-state index contributed by atoms with van der Waals surface area (Å²) in [6, 6.07) is 24.6. The highest BCUT2D eigenvalue weighted by Gasteiger charge is 2.42. The highest BCUT2D eigenvalue weighted by Crippen LogP contribution is 2.39. The molecule has 1 saturated heterocycles. The zero-order chi connectivity index (χ0) is 23.5. The molecule has 2 N–H and O–H groups in total. The second-order valence-electron chi connectivity index (χ2n) is 7.95. The van der Waals surface area contributed by atoms with Crippen molar-refractivity contribution < 1.29 is 9.18 Å². The van der Waals surface area contributed by atoms with Crippen LogP contribution >= 0.6 is 12.2 Å². The van der Waals surface area contributed by atoms with E-state index >= 15 is 0 Å². The molecule has 0 unspecified atom stereocenters. The minimum Gasteiger partial charge on any atom is -0.352 e. The lowest BCUT2D eigenvalue weighted by Gasteiger charge is -2.28. The fourth-order valence-electron chi connectivity index (χ4n) is 4.27. The second kappa shape index (κ2) is 9.44. The van der Waals surface area contributed by atoms with Crippen LogP contribution < -0.4 is 10.6 Å². The molecule has 0 spiro atoms. The third kappa shape index (κ3) is 4.40. The molecule has 1 fully saturated rings. The Kier molecular flexibility index (Phi) is 6.05. The molecular formula is C26H22FN5OS. The van der Waals surface area contributed by atoms with Crippen molar-refractivity contribution in [3.05, 3.63) is 115 Å². The van der Waals surface area contributed by atoms with Crippen molar-refractivity contribution in [3.63, 3.8) is 0 Å². The van der Waals surface area contributed by atoms with Gasteiger partial charge in [0.1, 0.15) is 12.4 Å². The van der Waals surface area contributed by atoms with E-state index in [2.05, 4.69) is 15.6 Å². The van der Waals surface area contributed by atoms with E-state index in [4.69, 9.17) is 12.2 Å². The van der Waals surface area contributed by atoms with Crippen molar-refractivity contribution in [2.75, 3.05) is 11.9 Å². The first-order valence-corrected chi connectivity index (χ1v) is 11.3. The molecule has 2 aromatic heterocycles. The predicted molar refractivity (Wildman–Crippen MR) is 133 cm³/mol. The number of benzene rings is 2. The maximum Gasteiger partial charge on any atom is 0.244 e. The summed E-state index contributed by atoms with van der Waals surface area (Å²) in [5, 5.41) is 6.72. The lowest BCUT2D eigenvalue weighted by molar-refractivity contribution is -0.116. The molecule has 1 aliphatic heterocycles. The number of carbonyl (C=O) groups excluding carboxylic acids is 1. The number of nitrogens with one attached hydrogen (secondary N) is 2. The first-order valence-electron chi connectivity index (χ1n) is 10.9. The third-order valence-corrected chi connectivity index (χ3v) is 6.09. The van der Waals surface area contributed by atoms with Gasteiger partial charge in [-0.15, -0.1) is 0 Å². The monoisotopic (exact) mass is 471 g/mol. The van der Waals surface area contributed by atoms with Crippen LogP contribution in [0.3, 0.4) is 0 Å². The van der Waals surface area contributed by atoms with Crippen molar-refractivity contribution in [1.29, 1.82) is 0 Å². The van der Waals surface area contributed by atoms with Gasteiger partial charge in [-0.1, -0.05) is 30.3 Å². The van der Waals surface area contributed by atoms with Crippen molar-refractivity contribution in [2.24, 2.45) is 0 Å². The summed E-state index contributed by atoms with van der Waals surface area (Å²) < 4.78 is 15.9. The smallest absolute Gasteiger partial charge is 0.244 e. The number of hydrogen-bond donors (Lipinski definition) is 2. The van der Waals surface area contributed by atoms with Crippen LogP contribution in [0, 0.1) is 5.82 Å². The predicted octanol–water partition coefficient (Wildman–Crippen LogP) is 4.62. The molecule has 1 aliphatic rings. The largest absolute Gasteiger partial charge is 0.352 e. The Balaban J connectivity index is 1.52. The molecule has 8 heteroatoms. The molecule has 4 aromatic rings. The number of para-hydroxylation sites is 1. The number of carbonyl (C=O) groups is 1. The fraction of sp³-hybridized carbons (Fsp3) is 0.115. The molecule has 6 nitrogen and oxygen atoms in total. The van der Waals surface area contributed by atoms with E-state index in [1.807, 2.05) is 82.4 Å². The highest BCUT2D eigenvalue weighted by atomic mass is 32.1. The van der Waals surface area contributed by atoms with Gasteiger partial charge in [-0.2, -0.15) is 0 Å². The van der Waals surface area contributed by atoms with E-state index < -0.39 is 0 Å². The number of pyridine rings is 1. The van der Waals surface area contributed by atoms with Gasteiger partial charge in [0, 0.05) is 29.5 Å². The van der Waals surface area contributed by atoms with Crippen molar-refractivity contribution in [2.45, 2.75) is 12.1 Å². The van der Waals surface area contributed by atoms with Gasteiger partial charge in [0.05, 0.1) is 17.8 Å². The maximum atomic E-state index is 14.0. The number of nitrogens with zero attached hydrogens (tertiary/aromatic N) is 3. The minimum atomic E-state index is -0.345. The molecular weight excluding hydrogens is 449 g/mol. The normalized spacial score (nSPS) is 17.4. The molecule has 170 valence electrons. The van der Waals surface area contributed by atoms with Crippen LogP contribution in [-0.4, -0.2) is 32.0 Å². The van der Waals surface area contributed by atoms with E-state index in [9.17, 15) is 9.18 Å². The highest BCUT2D eigenvalue weighted by molar-refractivity contribution is 7.80. The van der Waals surface area contributed by atoms with Gasteiger partial charge in [-0.25, -0.2) is 4.39 Å². The molecule has 34 heavy (non-hydrogen) atoms. The van der Waals surface area contributed by atoms with Crippen molar-refractivity contribution in [1.82, 2.24) is 19.8 Å². The number of amides is 1. The van der Waals surface area contributed by atoms with E-state index in [1.165, 1.54) is 12.1 Å². The van der Waals surface area contributed by atoms with Crippen LogP contribution in [-0.2, 0) is 4.79 Å². The SMILES string of the molecule is O=C(CN1C(=S)N[C@@H](c2ccccn2)[C@H]1c1cccn1-c1cccc(F)c1)Nc1ccccc1. The summed E-state index contributed by atoms with van der Waals surface area (Å²) in [5.74, 6) is -0.511. The second-order valence-corrected chi connectivity index (χ2v) is 8.34. The summed E-state index contributed by atoms with van der Waals surface area (Å²) in [5.41, 5.74) is 3.06. The number of aromatic nitrogens is 2. The van der Waals surface area contributed by atoms with Crippen LogP contribution in [0.2, 0.25) is 0 Å². The molecule has 2 aromatic carbocycles. The lowest BCUT2D eigenvalue weighted by atomic mass is 10.0. The van der Waals surface area contributed by atoms with Gasteiger partial charge in [0.25, 0.3) is 0 Å². The molecule has 0 saturated carbocycles. The van der Waals surface area contributed by atoms with Crippen LogP contribution in [0.15, 0.2) is 97.3 Å². The Hall–Kier alpha value is -4.04. The Bertz CT molecular complexity index is 1310. The quantitative estimate of drug-likeness (QED) is 0.402. The number of hydrogen-bond acceptors (Lipinski definition) is 3. The topological polar surface area (TPSA) is 62.2 Å². The minimum absolute atomic E-state index is 0.0447. The first-order chi connectivity index (χ1) is 16.6. The van der Waals surface area contributed by atoms with E-state index in [0.29, 0.717) is 16.5 Å². The Labute approximate surface area is 202 Å². The first kappa shape index (κ1) is 21.8. The standard InChI is InChI=1S/C26H22FN5OS/c27-18-8-6-11-20(16-18)31-15-7-13-22(31)25-24(21-12-4-5-14-28-21)30-26(34)32(25)17-23(33)29-19-9-2-1-3-10-19/h1-16,24-25H,17H2,(H,29,33)(H,30,34)/t24-,25+/m0/s1. The number of rotatable bonds is 6. The average Bonchev–Trinajstić information content (AvgIpc) is 3.45. The summed E-state index contributed by atoms with van der Waals surface area (Å²) >= 11 is 5.67. The van der Waals surface area contributed by atoms with Gasteiger partial charge in [-0.3, -0.25) is 9.78 Å².